The molecule has 3 aliphatic rings. The molecule has 2 saturated carbocycles. The van der Waals surface area contributed by atoms with Gasteiger partial charge in [-0.2, -0.15) is 0 Å². The lowest BCUT2D eigenvalue weighted by Crippen LogP contribution is -2.50. The number of fused-ring (bicyclic) bond motifs is 2. The van der Waals surface area contributed by atoms with Gasteiger partial charge in [0.05, 0.1) is 0 Å². The zero-order valence-corrected chi connectivity index (χ0v) is 14.6. The van der Waals surface area contributed by atoms with Gasteiger partial charge < -0.3 is 9.90 Å². The van der Waals surface area contributed by atoms with E-state index in [0.29, 0.717) is 5.56 Å². The fraction of sp³-hybridized carbons (Fsp3) is 0.545. The second-order valence-corrected chi connectivity index (χ2v) is 7.86. The van der Waals surface area contributed by atoms with Gasteiger partial charge in [0.25, 0.3) is 0 Å². The van der Waals surface area contributed by atoms with Crippen LogP contribution in [0.4, 0.5) is 0 Å². The smallest absolute Gasteiger partial charge is 0.167 e. The van der Waals surface area contributed by atoms with Crippen molar-refractivity contribution >= 4 is 11.8 Å². The summed E-state index contributed by atoms with van der Waals surface area (Å²) in [7, 11) is 0. The van der Waals surface area contributed by atoms with Crippen LogP contribution in [0.3, 0.4) is 0 Å². The Morgan fingerprint density at radius 1 is 0.800 bits per heavy atom. The maximum Gasteiger partial charge on any atom is 0.167 e. The molecule has 0 N–H and O–H groups in total. The molecule has 0 aliphatic heterocycles. The summed E-state index contributed by atoms with van der Waals surface area (Å²) in [4.78, 5) is 25.5. The van der Waals surface area contributed by atoms with Crippen molar-refractivity contribution in [3.63, 3.8) is 0 Å². The quantitative estimate of drug-likeness (QED) is 0.626. The molecule has 2 fully saturated rings. The average Bonchev–Trinajstić information content (AvgIpc) is 2.67. The number of Topliss-reactive ketones (excluding diaryl/α,β-unsaturated/α-hetero) is 1. The lowest BCUT2D eigenvalue weighted by Gasteiger charge is -2.49. The van der Waals surface area contributed by atoms with Crippen LogP contribution >= 0.6 is 0 Å². The molecule has 0 heterocycles. The topological polar surface area (TPSA) is 57.2 Å². The number of rotatable bonds is 3. The molecule has 0 unspecified atom stereocenters. The lowest BCUT2D eigenvalue weighted by molar-refractivity contribution is -0.315. The van der Waals surface area contributed by atoms with Gasteiger partial charge in [-0.1, -0.05) is 54.3 Å². The minimum absolute atomic E-state index is 0.00354. The Morgan fingerprint density at radius 3 is 1.92 bits per heavy atom. The van der Waals surface area contributed by atoms with E-state index in [1.165, 1.54) is 17.6 Å². The van der Waals surface area contributed by atoms with Crippen LogP contribution in [-0.4, -0.2) is 11.8 Å². The summed E-state index contributed by atoms with van der Waals surface area (Å²) >= 11 is 0. The summed E-state index contributed by atoms with van der Waals surface area (Å²) in [5, 5.41) is 12.1. The molecule has 3 nitrogen and oxygen atoms in total. The third kappa shape index (κ3) is 2.84. The average molecular weight is 337 g/mol. The standard InChI is InChI=1S/C22H26O3/c23-21(14-8-2-1-3-9-14)19-17-12-6-4-10-15(17)16-11-5-7-13-18(16)20(19)22(24)25/h1-3,8-9,17-20H,4-7,10-13H2,(H,24,25)/p-1/t17-,18+,19-,20+/m0/s1. The highest BCUT2D eigenvalue weighted by Crippen LogP contribution is 2.53. The molecule has 0 bridgehead atoms. The first-order valence-corrected chi connectivity index (χ1v) is 9.70. The fourth-order valence-electron chi connectivity index (χ4n) is 5.62. The number of benzene rings is 1. The summed E-state index contributed by atoms with van der Waals surface area (Å²) < 4.78 is 0. The second-order valence-electron chi connectivity index (χ2n) is 7.86. The second kappa shape index (κ2) is 6.78. The molecule has 25 heavy (non-hydrogen) atoms. The largest absolute Gasteiger partial charge is 0.550 e. The minimum Gasteiger partial charge on any atom is -0.550 e. The number of carbonyl (C=O) groups excluding carboxylic acids is 2. The Bertz CT molecular complexity index is 703. The Balaban J connectivity index is 1.81. The van der Waals surface area contributed by atoms with E-state index in [1.54, 1.807) is 0 Å². The number of carboxylic acid groups (broad SMARTS) is 1. The number of hydrogen-bond donors (Lipinski definition) is 0. The minimum atomic E-state index is -1.02. The Hall–Kier alpha value is -1.90. The normalized spacial score (nSPS) is 31.8. The van der Waals surface area contributed by atoms with Crippen molar-refractivity contribution in [2.75, 3.05) is 0 Å². The Kier molecular flexibility index (Phi) is 4.49. The molecule has 4 atom stereocenters. The monoisotopic (exact) mass is 337 g/mol. The summed E-state index contributed by atoms with van der Waals surface area (Å²) in [6, 6.07) is 9.23. The van der Waals surface area contributed by atoms with Crippen molar-refractivity contribution in [3.8, 4) is 0 Å². The lowest BCUT2D eigenvalue weighted by atomic mass is 9.56. The van der Waals surface area contributed by atoms with Crippen LogP contribution in [0.1, 0.15) is 61.7 Å². The predicted molar refractivity (Wildman–Crippen MR) is 93.7 cm³/mol. The van der Waals surface area contributed by atoms with E-state index < -0.39 is 17.8 Å². The first kappa shape index (κ1) is 16.6. The molecule has 3 heteroatoms. The molecule has 0 amide bonds. The van der Waals surface area contributed by atoms with Crippen LogP contribution in [0, 0.1) is 23.7 Å². The summed E-state index contributed by atoms with van der Waals surface area (Å²) in [5.74, 6) is -2.01. The van der Waals surface area contributed by atoms with Crippen LogP contribution in [0.5, 0.6) is 0 Å². The molecular weight excluding hydrogens is 312 g/mol. The van der Waals surface area contributed by atoms with Gasteiger partial charge in [-0.25, -0.2) is 0 Å². The fourth-order valence-corrected chi connectivity index (χ4v) is 5.62. The van der Waals surface area contributed by atoms with Crippen molar-refractivity contribution in [3.05, 3.63) is 47.0 Å². The third-order valence-electron chi connectivity index (χ3n) is 6.62. The van der Waals surface area contributed by atoms with Crippen molar-refractivity contribution in [1.82, 2.24) is 0 Å². The maximum absolute atomic E-state index is 13.3. The number of ketones is 1. The van der Waals surface area contributed by atoms with Crippen molar-refractivity contribution in [2.45, 2.75) is 51.4 Å². The van der Waals surface area contributed by atoms with E-state index in [2.05, 4.69) is 0 Å². The molecule has 0 aromatic heterocycles. The number of allylic oxidation sites excluding steroid dienone is 2. The highest BCUT2D eigenvalue weighted by Gasteiger charge is 2.48. The summed E-state index contributed by atoms with van der Waals surface area (Å²) in [6.07, 6.45) is 8.37. The first-order valence-electron chi connectivity index (χ1n) is 9.70. The van der Waals surface area contributed by atoms with Crippen LogP contribution in [0.25, 0.3) is 0 Å². The zero-order valence-electron chi connectivity index (χ0n) is 14.6. The van der Waals surface area contributed by atoms with Gasteiger partial charge in [0.2, 0.25) is 0 Å². The molecule has 0 saturated heterocycles. The van der Waals surface area contributed by atoms with Crippen molar-refractivity contribution < 1.29 is 14.7 Å². The van der Waals surface area contributed by atoms with E-state index in [0.717, 1.165) is 44.9 Å². The maximum atomic E-state index is 13.3. The van der Waals surface area contributed by atoms with Gasteiger partial charge in [-0.05, 0) is 50.4 Å². The molecule has 1 aromatic rings. The van der Waals surface area contributed by atoms with Crippen LogP contribution in [-0.2, 0) is 4.79 Å². The van der Waals surface area contributed by atoms with E-state index >= 15 is 0 Å². The van der Waals surface area contributed by atoms with Gasteiger partial charge in [0.15, 0.2) is 5.78 Å². The van der Waals surface area contributed by atoms with Gasteiger partial charge in [0, 0.05) is 23.4 Å². The molecule has 1 aromatic carbocycles. The Labute approximate surface area is 149 Å². The van der Waals surface area contributed by atoms with E-state index in [-0.39, 0.29) is 17.6 Å². The number of carboxylic acids is 1. The van der Waals surface area contributed by atoms with Gasteiger partial charge >= 0.3 is 0 Å². The van der Waals surface area contributed by atoms with Gasteiger partial charge in [-0.15, -0.1) is 0 Å². The molecule has 0 radical (unpaired) electrons. The Morgan fingerprint density at radius 2 is 1.36 bits per heavy atom. The molecule has 3 aliphatic carbocycles. The van der Waals surface area contributed by atoms with Crippen LogP contribution in [0.2, 0.25) is 0 Å². The summed E-state index contributed by atoms with van der Waals surface area (Å²) in [6.45, 7) is 0. The van der Waals surface area contributed by atoms with Gasteiger partial charge in [0.1, 0.15) is 0 Å². The predicted octanol–water partition coefficient (Wildman–Crippen LogP) is 3.54. The number of hydrogen-bond acceptors (Lipinski definition) is 3. The third-order valence-corrected chi connectivity index (χ3v) is 6.62. The van der Waals surface area contributed by atoms with E-state index in [9.17, 15) is 14.7 Å². The van der Waals surface area contributed by atoms with E-state index in [1.807, 2.05) is 30.3 Å². The van der Waals surface area contributed by atoms with Crippen molar-refractivity contribution in [2.24, 2.45) is 23.7 Å². The molecular formula is C22H25O3-. The molecule has 4 rings (SSSR count). The molecule has 132 valence electrons. The molecule has 0 spiro atoms. The zero-order chi connectivity index (χ0) is 17.4. The number of aliphatic carboxylic acids is 1. The highest BCUT2D eigenvalue weighted by atomic mass is 16.4. The highest BCUT2D eigenvalue weighted by molar-refractivity contribution is 6.00. The number of carbonyl (C=O) groups is 2. The SMILES string of the molecule is O=C(c1ccccc1)[C@@H]1[C@H](C(=O)[O-])[C@@H]2CCCCC2=C2CCCC[C@@H]21. The van der Waals surface area contributed by atoms with Crippen LogP contribution in [0.15, 0.2) is 41.5 Å². The van der Waals surface area contributed by atoms with Gasteiger partial charge in [-0.3, -0.25) is 4.79 Å². The van der Waals surface area contributed by atoms with Crippen LogP contribution < -0.4 is 5.11 Å². The summed E-state index contributed by atoms with van der Waals surface area (Å²) in [5.41, 5.74) is 3.45. The van der Waals surface area contributed by atoms with Crippen molar-refractivity contribution in [1.29, 1.82) is 0 Å². The first-order chi connectivity index (χ1) is 12.2. The van der Waals surface area contributed by atoms with E-state index in [4.69, 9.17) is 0 Å².